The van der Waals surface area contributed by atoms with Gasteiger partial charge in [-0.1, -0.05) is 36.4 Å². The molecule has 1 saturated carbocycles. The van der Waals surface area contributed by atoms with Gasteiger partial charge in [0.05, 0.1) is 0 Å². The molecule has 1 aliphatic carbocycles. The van der Waals surface area contributed by atoms with Gasteiger partial charge in [-0.25, -0.2) is 0 Å². The number of benzene rings is 1. The minimum atomic E-state index is -0.0546. The van der Waals surface area contributed by atoms with E-state index in [1.54, 1.807) is 24.5 Å². The Balaban J connectivity index is 1.56. The van der Waals surface area contributed by atoms with Crippen molar-refractivity contribution in [3.63, 3.8) is 0 Å². The molecular weight excluding hydrogens is 260 g/mol. The standard InChI is InChI=1S/C18H18N2O/c21-17(9-8-15-5-4-12-19-13-15)20-14-18(10-11-18)16-6-2-1-3-7-16/h1-9,12-13H,10-11,14H2,(H,20,21)/b9-8-. The Morgan fingerprint density at radius 3 is 2.67 bits per heavy atom. The highest BCUT2D eigenvalue weighted by Crippen LogP contribution is 2.47. The lowest BCUT2D eigenvalue weighted by Gasteiger charge is -2.15. The lowest BCUT2D eigenvalue weighted by molar-refractivity contribution is -0.116. The Morgan fingerprint density at radius 1 is 1.19 bits per heavy atom. The van der Waals surface area contributed by atoms with E-state index in [2.05, 4.69) is 34.6 Å². The van der Waals surface area contributed by atoms with Crippen LogP contribution in [0.5, 0.6) is 0 Å². The summed E-state index contributed by atoms with van der Waals surface area (Å²) in [5.74, 6) is -0.0546. The summed E-state index contributed by atoms with van der Waals surface area (Å²) in [6, 6.07) is 14.2. The van der Waals surface area contributed by atoms with E-state index < -0.39 is 0 Å². The van der Waals surface area contributed by atoms with Crippen LogP contribution in [0.4, 0.5) is 0 Å². The first-order chi connectivity index (χ1) is 10.3. The van der Waals surface area contributed by atoms with Crippen LogP contribution in [-0.2, 0) is 10.2 Å². The fourth-order valence-electron chi connectivity index (χ4n) is 2.47. The molecule has 3 heteroatoms. The maximum absolute atomic E-state index is 11.9. The summed E-state index contributed by atoms with van der Waals surface area (Å²) in [6.45, 7) is 0.702. The summed E-state index contributed by atoms with van der Waals surface area (Å²) in [5, 5.41) is 3.01. The number of amides is 1. The predicted molar refractivity (Wildman–Crippen MR) is 83.6 cm³/mol. The molecule has 3 nitrogen and oxygen atoms in total. The molecule has 1 fully saturated rings. The van der Waals surface area contributed by atoms with Crippen molar-refractivity contribution in [3.05, 3.63) is 72.1 Å². The first kappa shape index (κ1) is 13.6. The lowest BCUT2D eigenvalue weighted by atomic mass is 9.96. The second-order valence-electron chi connectivity index (χ2n) is 5.48. The number of aromatic nitrogens is 1. The van der Waals surface area contributed by atoms with Gasteiger partial charge >= 0.3 is 0 Å². The Labute approximate surface area is 124 Å². The minimum Gasteiger partial charge on any atom is -0.352 e. The van der Waals surface area contributed by atoms with Crippen molar-refractivity contribution in [2.75, 3.05) is 6.54 Å². The highest BCUT2D eigenvalue weighted by atomic mass is 16.1. The van der Waals surface area contributed by atoms with Crippen LogP contribution in [0.1, 0.15) is 24.0 Å². The third-order valence-corrected chi connectivity index (χ3v) is 3.95. The van der Waals surface area contributed by atoms with Crippen LogP contribution in [-0.4, -0.2) is 17.4 Å². The van der Waals surface area contributed by atoms with Crippen molar-refractivity contribution < 1.29 is 4.79 Å². The summed E-state index contributed by atoms with van der Waals surface area (Å²) in [7, 11) is 0. The molecule has 3 rings (SSSR count). The van der Waals surface area contributed by atoms with Gasteiger partial charge in [-0.05, 0) is 36.1 Å². The zero-order valence-corrected chi connectivity index (χ0v) is 11.8. The van der Waals surface area contributed by atoms with Gasteiger partial charge in [0.25, 0.3) is 0 Å². The molecular formula is C18H18N2O. The zero-order valence-electron chi connectivity index (χ0n) is 11.8. The summed E-state index contributed by atoms with van der Waals surface area (Å²) in [5.41, 5.74) is 2.40. The summed E-state index contributed by atoms with van der Waals surface area (Å²) >= 11 is 0. The Hall–Kier alpha value is -2.42. The van der Waals surface area contributed by atoms with Gasteiger partial charge in [-0.15, -0.1) is 0 Å². The van der Waals surface area contributed by atoms with Crippen molar-refractivity contribution >= 4 is 12.0 Å². The van der Waals surface area contributed by atoms with E-state index >= 15 is 0 Å². The van der Waals surface area contributed by atoms with E-state index in [1.807, 2.05) is 18.2 Å². The van der Waals surface area contributed by atoms with Crippen molar-refractivity contribution in [1.29, 1.82) is 0 Å². The molecule has 0 saturated heterocycles. The van der Waals surface area contributed by atoms with Gasteiger partial charge in [0, 0.05) is 30.4 Å². The van der Waals surface area contributed by atoms with Crippen molar-refractivity contribution in [2.45, 2.75) is 18.3 Å². The number of pyridine rings is 1. The number of nitrogens with one attached hydrogen (secondary N) is 1. The number of hydrogen-bond donors (Lipinski definition) is 1. The molecule has 21 heavy (non-hydrogen) atoms. The highest BCUT2D eigenvalue weighted by molar-refractivity contribution is 5.91. The summed E-state index contributed by atoms with van der Waals surface area (Å²) in [4.78, 5) is 15.9. The molecule has 0 spiro atoms. The van der Waals surface area contributed by atoms with Crippen LogP contribution < -0.4 is 5.32 Å². The van der Waals surface area contributed by atoms with Crippen LogP contribution >= 0.6 is 0 Å². The molecule has 1 aliphatic rings. The van der Waals surface area contributed by atoms with Crippen LogP contribution in [0, 0.1) is 0 Å². The molecule has 1 N–H and O–H groups in total. The molecule has 0 atom stereocenters. The number of nitrogens with zero attached hydrogens (tertiary/aromatic N) is 1. The predicted octanol–water partition coefficient (Wildman–Crippen LogP) is 2.94. The highest BCUT2D eigenvalue weighted by Gasteiger charge is 2.43. The van der Waals surface area contributed by atoms with E-state index in [0.717, 1.165) is 18.4 Å². The minimum absolute atomic E-state index is 0.0546. The molecule has 0 radical (unpaired) electrons. The Bertz CT molecular complexity index is 631. The van der Waals surface area contributed by atoms with E-state index in [-0.39, 0.29) is 11.3 Å². The second-order valence-corrected chi connectivity index (χ2v) is 5.48. The quantitative estimate of drug-likeness (QED) is 0.854. The van der Waals surface area contributed by atoms with Gasteiger partial charge in [0.15, 0.2) is 0 Å². The molecule has 0 bridgehead atoms. The number of carbonyl (C=O) groups is 1. The van der Waals surface area contributed by atoms with E-state index in [0.29, 0.717) is 6.54 Å². The first-order valence-electron chi connectivity index (χ1n) is 7.20. The van der Waals surface area contributed by atoms with E-state index in [9.17, 15) is 4.79 Å². The van der Waals surface area contributed by atoms with Crippen LogP contribution in [0.25, 0.3) is 6.08 Å². The summed E-state index contributed by atoms with van der Waals surface area (Å²) in [6.07, 6.45) is 9.08. The molecule has 1 aromatic carbocycles. The fourth-order valence-corrected chi connectivity index (χ4v) is 2.47. The molecule has 1 amide bonds. The van der Waals surface area contributed by atoms with Crippen LogP contribution in [0.15, 0.2) is 60.9 Å². The molecule has 1 heterocycles. The average Bonchev–Trinajstić information content (AvgIpc) is 3.34. The van der Waals surface area contributed by atoms with Crippen molar-refractivity contribution in [1.82, 2.24) is 10.3 Å². The van der Waals surface area contributed by atoms with Gasteiger partial charge in [-0.3, -0.25) is 9.78 Å². The number of rotatable bonds is 5. The lowest BCUT2D eigenvalue weighted by Crippen LogP contribution is -2.30. The SMILES string of the molecule is O=C(/C=C\c1cccnc1)NCC1(c2ccccc2)CC1. The third kappa shape index (κ3) is 3.37. The Morgan fingerprint density at radius 2 is 2.00 bits per heavy atom. The topological polar surface area (TPSA) is 42.0 Å². The smallest absolute Gasteiger partial charge is 0.244 e. The van der Waals surface area contributed by atoms with Crippen molar-refractivity contribution in [3.8, 4) is 0 Å². The number of carbonyl (C=O) groups excluding carboxylic acids is 1. The Kier molecular flexibility index (Phi) is 3.82. The average molecular weight is 278 g/mol. The zero-order chi connectivity index (χ0) is 14.5. The first-order valence-corrected chi connectivity index (χ1v) is 7.20. The van der Waals surface area contributed by atoms with Gasteiger partial charge in [0.1, 0.15) is 0 Å². The van der Waals surface area contributed by atoms with Crippen LogP contribution in [0.2, 0.25) is 0 Å². The summed E-state index contributed by atoms with van der Waals surface area (Å²) < 4.78 is 0. The van der Waals surface area contributed by atoms with Crippen LogP contribution in [0.3, 0.4) is 0 Å². The molecule has 2 aromatic rings. The van der Waals surface area contributed by atoms with Crippen molar-refractivity contribution in [2.24, 2.45) is 0 Å². The largest absolute Gasteiger partial charge is 0.352 e. The maximum atomic E-state index is 11.9. The van der Waals surface area contributed by atoms with Gasteiger partial charge in [-0.2, -0.15) is 0 Å². The molecule has 106 valence electrons. The number of hydrogen-bond acceptors (Lipinski definition) is 2. The maximum Gasteiger partial charge on any atom is 0.244 e. The van der Waals surface area contributed by atoms with E-state index in [4.69, 9.17) is 0 Å². The van der Waals surface area contributed by atoms with Gasteiger partial charge in [0.2, 0.25) is 5.91 Å². The molecule has 0 unspecified atom stereocenters. The third-order valence-electron chi connectivity index (χ3n) is 3.95. The monoisotopic (exact) mass is 278 g/mol. The van der Waals surface area contributed by atoms with E-state index in [1.165, 1.54) is 5.56 Å². The fraction of sp³-hybridized carbons (Fsp3) is 0.222. The molecule has 1 aromatic heterocycles. The second kappa shape index (κ2) is 5.92. The molecule has 0 aliphatic heterocycles. The van der Waals surface area contributed by atoms with Gasteiger partial charge < -0.3 is 5.32 Å². The normalized spacial score (nSPS) is 15.8.